The number of thiophene rings is 1. The zero-order chi connectivity index (χ0) is 11.4. The van der Waals surface area contributed by atoms with Crippen molar-refractivity contribution in [1.82, 2.24) is 15.5 Å². The fourth-order valence-electron chi connectivity index (χ4n) is 1.99. The summed E-state index contributed by atoms with van der Waals surface area (Å²) in [6, 6.07) is 2.67. The van der Waals surface area contributed by atoms with Gasteiger partial charge in [-0.1, -0.05) is 0 Å². The molecule has 1 aliphatic heterocycles. The molecule has 2 N–H and O–H groups in total. The average molecular weight is 304 g/mol. The maximum atomic E-state index is 3.51. The van der Waals surface area contributed by atoms with Gasteiger partial charge in [0.15, 0.2) is 0 Å². The highest BCUT2D eigenvalue weighted by Gasteiger charge is 2.17. The van der Waals surface area contributed by atoms with Crippen molar-refractivity contribution in [3.05, 3.63) is 20.8 Å². The molecule has 0 radical (unpaired) electrons. The van der Waals surface area contributed by atoms with E-state index in [1.165, 1.54) is 9.35 Å². The Bertz CT molecular complexity index is 323. The van der Waals surface area contributed by atoms with Crippen LogP contribution in [0.25, 0.3) is 0 Å². The van der Waals surface area contributed by atoms with Crippen molar-refractivity contribution in [2.45, 2.75) is 6.04 Å². The standard InChI is InChI=1S/C11H18BrN3S/c1-13-10(11-6-9(12)8-16-11)7-15-4-2-14-3-5-15/h6,8,10,13-14H,2-5,7H2,1H3. The van der Waals surface area contributed by atoms with Crippen LogP contribution in [0.4, 0.5) is 0 Å². The lowest BCUT2D eigenvalue weighted by molar-refractivity contribution is 0.220. The minimum Gasteiger partial charge on any atom is -0.314 e. The number of rotatable bonds is 4. The third kappa shape index (κ3) is 3.28. The topological polar surface area (TPSA) is 27.3 Å². The largest absolute Gasteiger partial charge is 0.314 e. The molecule has 3 nitrogen and oxygen atoms in total. The molecule has 1 fully saturated rings. The van der Waals surface area contributed by atoms with Gasteiger partial charge in [-0.3, -0.25) is 4.90 Å². The summed E-state index contributed by atoms with van der Waals surface area (Å²) < 4.78 is 1.19. The minimum atomic E-state index is 0.453. The first-order valence-corrected chi connectivity index (χ1v) is 7.31. The maximum Gasteiger partial charge on any atom is 0.0542 e. The molecule has 1 aliphatic rings. The van der Waals surface area contributed by atoms with Crippen molar-refractivity contribution < 1.29 is 0 Å². The highest BCUT2D eigenvalue weighted by molar-refractivity contribution is 9.10. The van der Waals surface area contributed by atoms with E-state index in [4.69, 9.17) is 0 Å². The van der Waals surface area contributed by atoms with Gasteiger partial charge in [0, 0.05) is 47.5 Å². The molecule has 1 aromatic heterocycles. The van der Waals surface area contributed by atoms with E-state index in [1.54, 1.807) is 0 Å². The maximum absolute atomic E-state index is 3.51. The molecule has 2 heterocycles. The second-order valence-corrected chi connectivity index (χ2v) is 5.92. The summed E-state index contributed by atoms with van der Waals surface area (Å²) in [6.45, 7) is 5.65. The van der Waals surface area contributed by atoms with E-state index in [9.17, 15) is 0 Å². The minimum absolute atomic E-state index is 0.453. The van der Waals surface area contributed by atoms with Gasteiger partial charge >= 0.3 is 0 Å². The Hall–Kier alpha value is 0.0600. The lowest BCUT2D eigenvalue weighted by Crippen LogP contribution is -2.46. The number of halogens is 1. The molecule has 5 heteroatoms. The molecular formula is C11H18BrN3S. The van der Waals surface area contributed by atoms with Crippen LogP contribution in [0, 0.1) is 0 Å². The Balaban J connectivity index is 1.94. The Morgan fingerprint density at radius 1 is 1.56 bits per heavy atom. The smallest absolute Gasteiger partial charge is 0.0542 e. The summed E-state index contributed by atoms with van der Waals surface area (Å²) in [5.74, 6) is 0. The third-order valence-corrected chi connectivity index (χ3v) is 4.74. The van der Waals surface area contributed by atoms with Crippen LogP contribution in [-0.2, 0) is 0 Å². The van der Waals surface area contributed by atoms with Gasteiger partial charge in [-0.25, -0.2) is 0 Å². The van der Waals surface area contributed by atoms with Gasteiger partial charge in [-0.05, 0) is 29.0 Å². The van der Waals surface area contributed by atoms with E-state index in [1.807, 2.05) is 18.4 Å². The molecule has 0 amide bonds. The molecule has 0 aromatic carbocycles. The first-order chi connectivity index (χ1) is 7.79. The van der Waals surface area contributed by atoms with Crippen molar-refractivity contribution in [2.24, 2.45) is 0 Å². The van der Waals surface area contributed by atoms with Gasteiger partial charge in [0.2, 0.25) is 0 Å². The van der Waals surface area contributed by atoms with E-state index in [0.717, 1.165) is 32.7 Å². The molecule has 1 saturated heterocycles. The zero-order valence-corrected chi connectivity index (χ0v) is 11.9. The number of likely N-dealkylation sites (N-methyl/N-ethyl adjacent to an activating group) is 1. The molecule has 16 heavy (non-hydrogen) atoms. The third-order valence-electron chi connectivity index (χ3n) is 2.93. The summed E-state index contributed by atoms with van der Waals surface area (Å²) >= 11 is 5.33. The van der Waals surface area contributed by atoms with Gasteiger partial charge in [0.05, 0.1) is 6.04 Å². The quantitative estimate of drug-likeness (QED) is 0.886. The van der Waals surface area contributed by atoms with E-state index < -0.39 is 0 Å². The predicted octanol–water partition coefficient (Wildman–Crippen LogP) is 1.68. The summed E-state index contributed by atoms with van der Waals surface area (Å²) in [6.07, 6.45) is 0. The average Bonchev–Trinajstić information content (AvgIpc) is 2.74. The van der Waals surface area contributed by atoms with Gasteiger partial charge in [0.25, 0.3) is 0 Å². The Morgan fingerprint density at radius 2 is 2.31 bits per heavy atom. The molecule has 0 spiro atoms. The zero-order valence-electron chi connectivity index (χ0n) is 9.50. The Morgan fingerprint density at radius 3 is 2.88 bits per heavy atom. The van der Waals surface area contributed by atoms with Crippen molar-refractivity contribution in [3.63, 3.8) is 0 Å². The van der Waals surface area contributed by atoms with E-state index in [0.29, 0.717) is 6.04 Å². The molecule has 2 rings (SSSR count). The Labute approximate surface area is 109 Å². The van der Waals surface area contributed by atoms with Crippen LogP contribution in [0.15, 0.2) is 15.9 Å². The first kappa shape index (κ1) is 12.5. The van der Waals surface area contributed by atoms with E-state index >= 15 is 0 Å². The predicted molar refractivity (Wildman–Crippen MR) is 73.1 cm³/mol. The van der Waals surface area contributed by atoms with E-state index in [-0.39, 0.29) is 0 Å². The van der Waals surface area contributed by atoms with Crippen molar-refractivity contribution in [3.8, 4) is 0 Å². The van der Waals surface area contributed by atoms with Crippen molar-refractivity contribution in [1.29, 1.82) is 0 Å². The fourth-order valence-corrected chi connectivity index (χ4v) is 3.53. The monoisotopic (exact) mass is 303 g/mol. The van der Waals surface area contributed by atoms with Gasteiger partial charge in [0.1, 0.15) is 0 Å². The van der Waals surface area contributed by atoms with Crippen molar-refractivity contribution in [2.75, 3.05) is 39.8 Å². The molecule has 1 aromatic rings. The van der Waals surface area contributed by atoms with Gasteiger partial charge < -0.3 is 10.6 Å². The second-order valence-electron chi connectivity index (χ2n) is 4.06. The number of nitrogens with one attached hydrogen (secondary N) is 2. The van der Waals surface area contributed by atoms with Crippen LogP contribution in [-0.4, -0.2) is 44.7 Å². The normalized spacial score (nSPS) is 19.9. The lowest BCUT2D eigenvalue weighted by atomic mass is 10.2. The lowest BCUT2D eigenvalue weighted by Gasteiger charge is -2.30. The highest BCUT2D eigenvalue weighted by atomic mass is 79.9. The summed E-state index contributed by atoms with van der Waals surface area (Å²) in [5, 5.41) is 8.94. The van der Waals surface area contributed by atoms with Crippen molar-refractivity contribution >= 4 is 27.3 Å². The number of hydrogen-bond donors (Lipinski definition) is 2. The molecule has 0 aliphatic carbocycles. The number of hydrogen-bond acceptors (Lipinski definition) is 4. The van der Waals surface area contributed by atoms with Crippen LogP contribution < -0.4 is 10.6 Å². The van der Waals surface area contributed by atoms with Crippen LogP contribution in [0.5, 0.6) is 0 Å². The second kappa shape index (κ2) is 6.12. The Kier molecular flexibility index (Phi) is 4.79. The van der Waals surface area contributed by atoms with Gasteiger partial charge in [-0.15, -0.1) is 11.3 Å². The molecule has 0 bridgehead atoms. The summed E-state index contributed by atoms with van der Waals surface area (Å²) in [7, 11) is 2.04. The first-order valence-electron chi connectivity index (χ1n) is 5.64. The van der Waals surface area contributed by atoms with Crippen LogP contribution in [0.3, 0.4) is 0 Å². The highest BCUT2D eigenvalue weighted by Crippen LogP contribution is 2.26. The number of piperazine rings is 1. The molecule has 0 saturated carbocycles. The summed E-state index contributed by atoms with van der Waals surface area (Å²) in [5.41, 5.74) is 0. The van der Waals surface area contributed by atoms with E-state index in [2.05, 4.69) is 42.9 Å². The van der Waals surface area contributed by atoms with Crippen LogP contribution in [0.2, 0.25) is 0 Å². The molecule has 1 unspecified atom stereocenters. The SMILES string of the molecule is CNC(CN1CCNCC1)c1cc(Br)cs1. The van der Waals surface area contributed by atoms with Crippen LogP contribution in [0.1, 0.15) is 10.9 Å². The molecule has 1 atom stereocenters. The van der Waals surface area contributed by atoms with Gasteiger partial charge in [-0.2, -0.15) is 0 Å². The molecule has 90 valence electrons. The summed E-state index contributed by atoms with van der Waals surface area (Å²) in [4.78, 5) is 3.93. The number of nitrogens with zero attached hydrogens (tertiary/aromatic N) is 1. The fraction of sp³-hybridized carbons (Fsp3) is 0.636. The molecular weight excluding hydrogens is 286 g/mol. The van der Waals surface area contributed by atoms with Crippen LogP contribution >= 0.6 is 27.3 Å².